The molecule has 1 N–H and O–H groups in total. The quantitative estimate of drug-likeness (QED) is 0.894. The van der Waals surface area contributed by atoms with Crippen molar-refractivity contribution < 1.29 is 5.11 Å². The molecule has 5 heteroatoms. The van der Waals surface area contributed by atoms with Gasteiger partial charge in [0.25, 0.3) is 0 Å². The highest BCUT2D eigenvalue weighted by atomic mass is 16.3. The Balaban J connectivity index is 1.33. The average Bonchev–Trinajstić information content (AvgIpc) is 2.71. The van der Waals surface area contributed by atoms with Gasteiger partial charge in [-0.25, -0.2) is 9.97 Å². The lowest BCUT2D eigenvalue weighted by Crippen LogP contribution is -2.42. The number of aliphatic hydroxyl groups is 1. The van der Waals surface area contributed by atoms with Crippen LogP contribution in [0.2, 0.25) is 0 Å². The second kappa shape index (κ2) is 8.03. The van der Waals surface area contributed by atoms with Crippen molar-refractivity contribution in [3.05, 3.63) is 53.4 Å². The number of pyridine rings is 1. The second-order valence-corrected chi connectivity index (χ2v) is 8.31. The number of aryl methyl sites for hydroxylation is 1. The summed E-state index contributed by atoms with van der Waals surface area (Å²) >= 11 is 0. The monoisotopic (exact) mass is 366 g/mol. The van der Waals surface area contributed by atoms with Crippen LogP contribution in [0.4, 0.5) is 0 Å². The molecule has 2 aromatic rings. The van der Waals surface area contributed by atoms with Crippen molar-refractivity contribution in [2.75, 3.05) is 13.1 Å². The van der Waals surface area contributed by atoms with Crippen molar-refractivity contribution in [1.82, 2.24) is 19.9 Å². The number of aromatic nitrogens is 3. The Morgan fingerprint density at radius 2 is 1.70 bits per heavy atom. The lowest BCUT2D eigenvalue weighted by molar-refractivity contribution is -0.0311. The van der Waals surface area contributed by atoms with Crippen LogP contribution < -0.4 is 0 Å². The summed E-state index contributed by atoms with van der Waals surface area (Å²) in [5.74, 6) is 1.58. The highest BCUT2D eigenvalue weighted by molar-refractivity contribution is 5.19. The normalized spacial score (nSPS) is 21.3. The van der Waals surface area contributed by atoms with E-state index in [4.69, 9.17) is 0 Å². The van der Waals surface area contributed by atoms with Gasteiger partial charge in [0.15, 0.2) is 0 Å². The Bertz CT molecular complexity index is 730. The van der Waals surface area contributed by atoms with Gasteiger partial charge in [0.2, 0.25) is 0 Å². The first-order valence-corrected chi connectivity index (χ1v) is 10.3. The van der Waals surface area contributed by atoms with Gasteiger partial charge in [-0.1, -0.05) is 25.3 Å². The summed E-state index contributed by atoms with van der Waals surface area (Å²) in [7, 11) is 0. The second-order valence-electron chi connectivity index (χ2n) is 8.31. The molecule has 3 heterocycles. The van der Waals surface area contributed by atoms with E-state index in [1.54, 1.807) is 0 Å². The van der Waals surface area contributed by atoms with E-state index in [2.05, 4.69) is 19.9 Å². The molecule has 1 saturated heterocycles. The van der Waals surface area contributed by atoms with E-state index in [0.29, 0.717) is 18.8 Å². The Morgan fingerprint density at radius 3 is 2.33 bits per heavy atom. The van der Waals surface area contributed by atoms with Crippen molar-refractivity contribution in [1.29, 1.82) is 0 Å². The fourth-order valence-corrected chi connectivity index (χ4v) is 4.36. The van der Waals surface area contributed by atoms with Crippen LogP contribution in [0.3, 0.4) is 0 Å². The molecule has 4 rings (SSSR count). The predicted molar refractivity (Wildman–Crippen MR) is 105 cm³/mol. The summed E-state index contributed by atoms with van der Waals surface area (Å²) in [6, 6.07) is 3.99. The molecule has 2 aliphatic rings. The molecule has 0 unspecified atom stereocenters. The molecule has 5 nitrogen and oxygen atoms in total. The number of likely N-dealkylation sites (tertiary alicyclic amines) is 1. The molecule has 0 spiro atoms. The van der Waals surface area contributed by atoms with Crippen molar-refractivity contribution in [3.8, 4) is 0 Å². The molecule has 0 amide bonds. The SMILES string of the molecule is Cc1ccc(C2(O)CCN(Cc3cnc(C4CCCCC4)nc3)CC2)nc1. The smallest absolute Gasteiger partial charge is 0.131 e. The number of nitrogens with zero attached hydrogens (tertiary/aromatic N) is 4. The maximum absolute atomic E-state index is 11.0. The van der Waals surface area contributed by atoms with Crippen LogP contribution in [-0.4, -0.2) is 38.0 Å². The Kier molecular flexibility index (Phi) is 5.50. The van der Waals surface area contributed by atoms with Gasteiger partial charge in [0.1, 0.15) is 11.4 Å². The summed E-state index contributed by atoms with van der Waals surface area (Å²) < 4.78 is 0. The van der Waals surface area contributed by atoms with Crippen LogP contribution in [0.15, 0.2) is 30.7 Å². The van der Waals surface area contributed by atoms with E-state index in [9.17, 15) is 5.11 Å². The van der Waals surface area contributed by atoms with Gasteiger partial charge in [0.05, 0.1) is 5.69 Å². The van der Waals surface area contributed by atoms with Crippen molar-refractivity contribution in [2.24, 2.45) is 0 Å². The van der Waals surface area contributed by atoms with Crippen LogP contribution >= 0.6 is 0 Å². The summed E-state index contributed by atoms with van der Waals surface area (Å²) in [5.41, 5.74) is 2.28. The Labute approximate surface area is 161 Å². The molecule has 0 radical (unpaired) electrons. The van der Waals surface area contributed by atoms with Crippen LogP contribution in [0.5, 0.6) is 0 Å². The van der Waals surface area contributed by atoms with Crippen LogP contribution in [-0.2, 0) is 12.1 Å². The zero-order valence-electron chi connectivity index (χ0n) is 16.3. The third-order valence-corrected chi connectivity index (χ3v) is 6.17. The molecular formula is C22H30N4O. The van der Waals surface area contributed by atoms with Gasteiger partial charge in [-0.2, -0.15) is 0 Å². The van der Waals surface area contributed by atoms with Gasteiger partial charge in [-0.05, 0) is 44.2 Å². The first-order chi connectivity index (χ1) is 13.1. The van der Waals surface area contributed by atoms with Crippen LogP contribution in [0.1, 0.15) is 73.5 Å². The zero-order chi connectivity index (χ0) is 18.7. The zero-order valence-corrected chi connectivity index (χ0v) is 16.3. The number of rotatable bonds is 4. The number of piperidine rings is 1. The lowest BCUT2D eigenvalue weighted by atomic mass is 9.87. The minimum atomic E-state index is -0.800. The van der Waals surface area contributed by atoms with E-state index >= 15 is 0 Å². The van der Waals surface area contributed by atoms with E-state index in [-0.39, 0.29) is 0 Å². The summed E-state index contributed by atoms with van der Waals surface area (Å²) in [6.45, 7) is 4.58. The van der Waals surface area contributed by atoms with Gasteiger partial charge in [-0.3, -0.25) is 9.88 Å². The van der Waals surface area contributed by atoms with E-state index in [1.165, 1.54) is 32.1 Å². The predicted octanol–water partition coefficient (Wildman–Crippen LogP) is 3.71. The lowest BCUT2D eigenvalue weighted by Gasteiger charge is -2.37. The van der Waals surface area contributed by atoms with Crippen molar-refractivity contribution >= 4 is 0 Å². The highest BCUT2D eigenvalue weighted by Crippen LogP contribution is 2.32. The summed E-state index contributed by atoms with van der Waals surface area (Å²) in [5, 5.41) is 11.0. The first kappa shape index (κ1) is 18.5. The molecule has 1 saturated carbocycles. The Morgan fingerprint density at radius 1 is 1.00 bits per heavy atom. The average molecular weight is 367 g/mol. The summed E-state index contributed by atoms with van der Waals surface area (Å²) in [6.07, 6.45) is 13.7. The van der Waals surface area contributed by atoms with Crippen molar-refractivity contribution in [3.63, 3.8) is 0 Å². The number of hydrogen-bond acceptors (Lipinski definition) is 5. The fourth-order valence-electron chi connectivity index (χ4n) is 4.36. The van der Waals surface area contributed by atoms with Crippen LogP contribution in [0, 0.1) is 6.92 Å². The maximum Gasteiger partial charge on any atom is 0.131 e. The molecule has 144 valence electrons. The van der Waals surface area contributed by atoms with E-state index in [0.717, 1.165) is 42.3 Å². The maximum atomic E-state index is 11.0. The molecule has 27 heavy (non-hydrogen) atoms. The molecule has 1 aliphatic heterocycles. The van der Waals surface area contributed by atoms with Gasteiger partial charge in [-0.15, -0.1) is 0 Å². The molecular weight excluding hydrogens is 336 g/mol. The Hall–Kier alpha value is -1.85. The largest absolute Gasteiger partial charge is 0.383 e. The van der Waals surface area contributed by atoms with Crippen LogP contribution in [0.25, 0.3) is 0 Å². The van der Waals surface area contributed by atoms with Gasteiger partial charge >= 0.3 is 0 Å². The standard InChI is InChI=1S/C22H30N4O/c1-17-7-8-20(23-13-17)22(27)9-11-26(12-10-22)16-18-14-24-21(25-15-18)19-5-3-2-4-6-19/h7-8,13-15,19,27H,2-6,9-12,16H2,1H3. The minimum Gasteiger partial charge on any atom is -0.383 e. The van der Waals surface area contributed by atoms with E-state index < -0.39 is 5.60 Å². The molecule has 0 bridgehead atoms. The first-order valence-electron chi connectivity index (χ1n) is 10.3. The third-order valence-electron chi connectivity index (χ3n) is 6.17. The molecule has 0 aromatic carbocycles. The van der Waals surface area contributed by atoms with Gasteiger partial charge in [0, 0.05) is 49.7 Å². The molecule has 2 aromatic heterocycles. The molecule has 0 atom stereocenters. The van der Waals surface area contributed by atoms with E-state index in [1.807, 2.05) is 37.6 Å². The highest BCUT2D eigenvalue weighted by Gasteiger charge is 2.35. The van der Waals surface area contributed by atoms with Gasteiger partial charge < -0.3 is 5.11 Å². The molecule has 1 aliphatic carbocycles. The third kappa shape index (κ3) is 4.36. The fraction of sp³-hybridized carbons (Fsp3) is 0.591. The summed E-state index contributed by atoms with van der Waals surface area (Å²) in [4.78, 5) is 16.1. The molecule has 2 fully saturated rings. The number of hydrogen-bond donors (Lipinski definition) is 1. The minimum absolute atomic E-state index is 0.555. The topological polar surface area (TPSA) is 62.1 Å². The van der Waals surface area contributed by atoms with Crippen molar-refractivity contribution in [2.45, 2.75) is 69.9 Å².